The Hall–Kier alpha value is -2.30. The van der Waals surface area contributed by atoms with Crippen molar-refractivity contribution in [1.82, 2.24) is 5.32 Å². The molecule has 5 heteroatoms. The van der Waals surface area contributed by atoms with Gasteiger partial charge in [0.15, 0.2) is 0 Å². The standard InChI is InChI=1S/C14H14N2O3/c1-19-12-5-3-2-4-11(12)16-13(17)9-6-7-15-8-10(9)14(16)18/h2-5,8-9,15H,6-7H2,1H3. The Morgan fingerprint density at radius 1 is 1.32 bits per heavy atom. The SMILES string of the molecule is COc1ccccc1N1C(=O)C2=CNCCC2C1=O. The Labute approximate surface area is 110 Å². The van der Waals surface area contributed by atoms with Crippen LogP contribution in [0.1, 0.15) is 6.42 Å². The smallest absolute Gasteiger partial charge is 0.263 e. The highest BCUT2D eigenvalue weighted by Crippen LogP contribution is 2.37. The van der Waals surface area contributed by atoms with Crippen molar-refractivity contribution in [2.24, 2.45) is 5.92 Å². The van der Waals surface area contributed by atoms with Crippen LogP contribution in [0.15, 0.2) is 36.0 Å². The minimum absolute atomic E-state index is 0.165. The van der Waals surface area contributed by atoms with Gasteiger partial charge in [-0.15, -0.1) is 0 Å². The van der Waals surface area contributed by atoms with Crippen molar-refractivity contribution in [1.29, 1.82) is 0 Å². The Morgan fingerprint density at radius 2 is 2.11 bits per heavy atom. The zero-order valence-corrected chi connectivity index (χ0v) is 10.6. The lowest BCUT2D eigenvalue weighted by Gasteiger charge is -2.17. The van der Waals surface area contributed by atoms with Crippen molar-refractivity contribution < 1.29 is 14.3 Å². The van der Waals surface area contributed by atoms with Gasteiger partial charge < -0.3 is 10.1 Å². The van der Waals surface area contributed by atoms with Crippen LogP contribution >= 0.6 is 0 Å². The molecule has 0 aromatic heterocycles. The summed E-state index contributed by atoms with van der Waals surface area (Å²) in [5, 5.41) is 3.01. The molecule has 0 spiro atoms. The quantitative estimate of drug-likeness (QED) is 0.806. The molecule has 0 radical (unpaired) electrons. The molecule has 1 atom stereocenters. The van der Waals surface area contributed by atoms with E-state index in [1.165, 1.54) is 12.0 Å². The highest BCUT2D eigenvalue weighted by molar-refractivity contribution is 6.29. The monoisotopic (exact) mass is 258 g/mol. The Morgan fingerprint density at radius 3 is 2.84 bits per heavy atom. The first-order valence-corrected chi connectivity index (χ1v) is 6.19. The van der Waals surface area contributed by atoms with Crippen LogP contribution in [0.3, 0.4) is 0 Å². The molecule has 1 aromatic carbocycles. The van der Waals surface area contributed by atoms with Gasteiger partial charge in [-0.3, -0.25) is 9.59 Å². The zero-order chi connectivity index (χ0) is 13.4. The number of methoxy groups -OCH3 is 1. The number of anilines is 1. The van der Waals surface area contributed by atoms with Gasteiger partial charge in [0.05, 0.1) is 18.7 Å². The normalized spacial score (nSPS) is 21.8. The second kappa shape index (κ2) is 4.42. The van der Waals surface area contributed by atoms with Gasteiger partial charge in [0.25, 0.3) is 5.91 Å². The summed E-state index contributed by atoms with van der Waals surface area (Å²) in [4.78, 5) is 26.0. The molecule has 0 saturated carbocycles. The number of imide groups is 1. The van der Waals surface area contributed by atoms with E-state index in [4.69, 9.17) is 4.74 Å². The fourth-order valence-electron chi connectivity index (χ4n) is 2.56. The average molecular weight is 258 g/mol. The van der Waals surface area contributed by atoms with Crippen molar-refractivity contribution in [2.75, 3.05) is 18.6 Å². The summed E-state index contributed by atoms with van der Waals surface area (Å²) in [7, 11) is 1.53. The molecule has 0 bridgehead atoms. The maximum Gasteiger partial charge on any atom is 0.263 e. The fourth-order valence-corrected chi connectivity index (χ4v) is 2.56. The summed E-state index contributed by atoms with van der Waals surface area (Å²) in [5.74, 6) is -0.219. The molecule has 19 heavy (non-hydrogen) atoms. The van der Waals surface area contributed by atoms with Crippen LogP contribution in [0.25, 0.3) is 0 Å². The Balaban J connectivity index is 2.06. The molecule has 1 N–H and O–H groups in total. The summed E-state index contributed by atoms with van der Waals surface area (Å²) >= 11 is 0. The van der Waals surface area contributed by atoms with E-state index in [1.54, 1.807) is 30.5 Å². The van der Waals surface area contributed by atoms with Gasteiger partial charge in [0.2, 0.25) is 5.91 Å². The number of nitrogens with zero attached hydrogens (tertiary/aromatic N) is 1. The van der Waals surface area contributed by atoms with Crippen LogP contribution in [0, 0.1) is 5.92 Å². The number of ether oxygens (including phenoxy) is 1. The van der Waals surface area contributed by atoms with E-state index in [2.05, 4.69) is 5.32 Å². The maximum atomic E-state index is 12.4. The third-order valence-electron chi connectivity index (χ3n) is 3.50. The van der Waals surface area contributed by atoms with E-state index in [0.29, 0.717) is 30.0 Å². The van der Waals surface area contributed by atoms with E-state index >= 15 is 0 Å². The minimum Gasteiger partial charge on any atom is -0.495 e. The van der Waals surface area contributed by atoms with Crippen molar-refractivity contribution in [3.63, 3.8) is 0 Å². The summed E-state index contributed by atoms with van der Waals surface area (Å²) < 4.78 is 5.23. The topological polar surface area (TPSA) is 58.6 Å². The third kappa shape index (κ3) is 1.69. The largest absolute Gasteiger partial charge is 0.495 e. The first-order chi connectivity index (χ1) is 9.24. The van der Waals surface area contributed by atoms with Crippen molar-refractivity contribution >= 4 is 17.5 Å². The molecule has 2 heterocycles. The number of hydrogen-bond acceptors (Lipinski definition) is 4. The first-order valence-electron chi connectivity index (χ1n) is 6.19. The van der Waals surface area contributed by atoms with E-state index in [1.807, 2.05) is 0 Å². The van der Waals surface area contributed by atoms with Crippen molar-refractivity contribution in [3.8, 4) is 5.75 Å². The van der Waals surface area contributed by atoms with E-state index in [0.717, 1.165) is 0 Å². The van der Waals surface area contributed by atoms with Crippen LogP contribution in [-0.4, -0.2) is 25.5 Å². The van der Waals surface area contributed by atoms with Gasteiger partial charge >= 0.3 is 0 Å². The molecule has 1 aromatic rings. The molecule has 2 aliphatic rings. The summed E-state index contributed by atoms with van der Waals surface area (Å²) in [5.41, 5.74) is 1.05. The number of hydrogen-bond donors (Lipinski definition) is 1. The fraction of sp³-hybridized carbons (Fsp3) is 0.286. The molecule has 5 nitrogen and oxygen atoms in total. The average Bonchev–Trinajstić information content (AvgIpc) is 2.71. The Bertz CT molecular complexity index is 580. The lowest BCUT2D eigenvalue weighted by atomic mass is 9.97. The number of amides is 2. The molecule has 2 aliphatic heterocycles. The first kappa shape index (κ1) is 11.8. The minimum atomic E-state index is -0.321. The highest BCUT2D eigenvalue weighted by Gasteiger charge is 2.45. The number of rotatable bonds is 2. The van der Waals surface area contributed by atoms with E-state index in [-0.39, 0.29) is 17.7 Å². The number of para-hydroxylation sites is 2. The predicted octanol–water partition coefficient (Wildman–Crippen LogP) is 1.06. The summed E-state index contributed by atoms with van der Waals surface area (Å²) in [6, 6.07) is 7.05. The summed E-state index contributed by atoms with van der Waals surface area (Å²) in [6.07, 6.45) is 2.31. The number of carbonyl (C=O) groups excluding carboxylic acids is 2. The van der Waals surface area contributed by atoms with Crippen molar-refractivity contribution in [2.45, 2.75) is 6.42 Å². The van der Waals surface area contributed by atoms with E-state index < -0.39 is 0 Å². The van der Waals surface area contributed by atoms with Crippen LogP contribution < -0.4 is 15.0 Å². The van der Waals surface area contributed by atoms with Gasteiger partial charge in [-0.1, -0.05) is 12.1 Å². The number of carbonyl (C=O) groups is 2. The highest BCUT2D eigenvalue weighted by atomic mass is 16.5. The van der Waals surface area contributed by atoms with Crippen LogP contribution in [0.4, 0.5) is 5.69 Å². The second-order valence-corrected chi connectivity index (χ2v) is 4.55. The lowest BCUT2D eigenvalue weighted by molar-refractivity contribution is -0.122. The molecular weight excluding hydrogens is 244 g/mol. The van der Waals surface area contributed by atoms with Gasteiger partial charge in [-0.05, 0) is 18.6 Å². The zero-order valence-electron chi connectivity index (χ0n) is 10.6. The van der Waals surface area contributed by atoms with Crippen LogP contribution in [0.2, 0.25) is 0 Å². The molecule has 1 unspecified atom stereocenters. The van der Waals surface area contributed by atoms with Gasteiger partial charge in [-0.25, -0.2) is 4.90 Å². The number of benzene rings is 1. The molecule has 1 fully saturated rings. The summed E-state index contributed by atoms with van der Waals surface area (Å²) in [6.45, 7) is 0.715. The molecular formula is C14H14N2O3. The molecule has 1 saturated heterocycles. The van der Waals surface area contributed by atoms with Gasteiger partial charge in [0, 0.05) is 18.3 Å². The van der Waals surface area contributed by atoms with Crippen LogP contribution in [-0.2, 0) is 9.59 Å². The number of fused-ring (bicyclic) bond motifs is 1. The molecule has 3 rings (SSSR count). The molecule has 0 aliphatic carbocycles. The maximum absolute atomic E-state index is 12.4. The van der Waals surface area contributed by atoms with Crippen molar-refractivity contribution in [3.05, 3.63) is 36.0 Å². The molecule has 2 amide bonds. The lowest BCUT2D eigenvalue weighted by Crippen LogP contribution is -2.31. The van der Waals surface area contributed by atoms with Gasteiger partial charge in [0.1, 0.15) is 5.75 Å². The van der Waals surface area contributed by atoms with E-state index in [9.17, 15) is 9.59 Å². The predicted molar refractivity (Wildman–Crippen MR) is 69.7 cm³/mol. The van der Waals surface area contributed by atoms with Crippen LogP contribution in [0.5, 0.6) is 5.75 Å². The Kier molecular flexibility index (Phi) is 2.74. The molecule has 98 valence electrons. The second-order valence-electron chi connectivity index (χ2n) is 4.55. The number of nitrogens with one attached hydrogen (secondary N) is 1. The van der Waals surface area contributed by atoms with Gasteiger partial charge in [-0.2, -0.15) is 0 Å². The third-order valence-corrected chi connectivity index (χ3v) is 3.50.